The van der Waals surface area contributed by atoms with Gasteiger partial charge in [0.05, 0.1) is 22.8 Å². The molecule has 1 aliphatic heterocycles. The Morgan fingerprint density at radius 2 is 1.92 bits per heavy atom. The number of halogens is 2. The molecule has 1 atom stereocenters. The van der Waals surface area contributed by atoms with E-state index in [1.54, 1.807) is 6.07 Å². The van der Waals surface area contributed by atoms with Crippen molar-refractivity contribution in [2.24, 2.45) is 5.92 Å². The van der Waals surface area contributed by atoms with Crippen LogP contribution in [0.15, 0.2) is 53.2 Å². The van der Waals surface area contributed by atoms with E-state index in [-0.39, 0.29) is 24.6 Å². The van der Waals surface area contributed by atoms with Crippen molar-refractivity contribution in [3.63, 3.8) is 0 Å². The molecular formula is C28H28F2N4O2. The van der Waals surface area contributed by atoms with E-state index in [2.05, 4.69) is 34.5 Å². The molecule has 6 nitrogen and oxygen atoms in total. The van der Waals surface area contributed by atoms with Crippen LogP contribution >= 0.6 is 0 Å². The van der Waals surface area contributed by atoms with Gasteiger partial charge in [-0.05, 0) is 75.3 Å². The number of hydrogen-bond acceptors (Lipinski definition) is 5. The highest BCUT2D eigenvalue weighted by molar-refractivity contribution is 5.84. The summed E-state index contributed by atoms with van der Waals surface area (Å²) in [5.74, 6) is 0.165. The summed E-state index contributed by atoms with van der Waals surface area (Å²) in [4.78, 5) is 7.11. The van der Waals surface area contributed by atoms with Crippen LogP contribution in [-0.2, 0) is 0 Å². The molecule has 1 saturated heterocycles. The Labute approximate surface area is 207 Å². The molecule has 1 N–H and O–H groups in total. The van der Waals surface area contributed by atoms with Gasteiger partial charge >= 0.3 is 0 Å². The van der Waals surface area contributed by atoms with Gasteiger partial charge in [-0.25, -0.2) is 13.8 Å². The Morgan fingerprint density at radius 3 is 2.61 bits per heavy atom. The van der Waals surface area contributed by atoms with Crippen molar-refractivity contribution >= 4 is 16.7 Å². The van der Waals surface area contributed by atoms with Gasteiger partial charge in [-0.15, -0.1) is 0 Å². The van der Waals surface area contributed by atoms with Gasteiger partial charge in [-0.1, -0.05) is 17.8 Å². The van der Waals surface area contributed by atoms with Crippen LogP contribution in [0, 0.1) is 31.4 Å². The number of aliphatic hydroxyl groups is 1. The smallest absolute Gasteiger partial charge is 0.160 e. The molecule has 2 aromatic carbocycles. The van der Waals surface area contributed by atoms with E-state index >= 15 is 0 Å². The summed E-state index contributed by atoms with van der Waals surface area (Å²) in [6, 6.07) is 10.3. The molecule has 0 spiro atoms. The summed E-state index contributed by atoms with van der Waals surface area (Å²) < 4.78 is 35.5. The van der Waals surface area contributed by atoms with Gasteiger partial charge in [0, 0.05) is 35.7 Å². The Kier molecular flexibility index (Phi) is 5.44. The van der Waals surface area contributed by atoms with E-state index in [4.69, 9.17) is 9.51 Å². The molecule has 4 aromatic rings. The average molecular weight is 491 g/mol. The third kappa shape index (κ3) is 3.54. The minimum Gasteiger partial charge on any atom is -0.396 e. The second kappa shape index (κ2) is 8.55. The van der Waals surface area contributed by atoms with Crippen molar-refractivity contribution in [2.75, 3.05) is 11.5 Å². The maximum atomic E-state index is 14.2. The number of nitrogens with zero attached hydrogens (tertiary/aromatic N) is 4. The summed E-state index contributed by atoms with van der Waals surface area (Å²) in [6.45, 7) is 8.22. The van der Waals surface area contributed by atoms with Crippen molar-refractivity contribution in [3.05, 3.63) is 77.6 Å². The molecule has 1 aliphatic carbocycles. The summed E-state index contributed by atoms with van der Waals surface area (Å²) >= 11 is 0. The average Bonchev–Trinajstić information content (AvgIpc) is 3.49. The number of benzene rings is 2. The zero-order valence-electron chi connectivity index (χ0n) is 20.3. The van der Waals surface area contributed by atoms with Crippen molar-refractivity contribution in [3.8, 4) is 11.1 Å². The van der Waals surface area contributed by atoms with Crippen LogP contribution in [0.2, 0.25) is 0 Å². The minimum atomic E-state index is -0.881. The SMILES string of the molecule is C=C1CC[C@@H](c2nc3cc(-c4c(C)noc4C)ccc3n2[C@H]2C[C@H](CO)C2)N1c1ccc(F)c(F)c1. The monoisotopic (exact) mass is 490 g/mol. The van der Waals surface area contributed by atoms with Gasteiger partial charge in [0.2, 0.25) is 0 Å². The highest BCUT2D eigenvalue weighted by atomic mass is 19.2. The predicted octanol–water partition coefficient (Wildman–Crippen LogP) is 6.38. The topological polar surface area (TPSA) is 67.3 Å². The van der Waals surface area contributed by atoms with E-state index in [0.29, 0.717) is 5.69 Å². The number of aryl methyl sites for hydroxylation is 2. The first-order valence-electron chi connectivity index (χ1n) is 12.3. The first-order valence-corrected chi connectivity index (χ1v) is 12.3. The molecule has 6 rings (SSSR count). The van der Waals surface area contributed by atoms with Crippen molar-refractivity contribution in [1.82, 2.24) is 14.7 Å². The molecule has 8 heteroatoms. The first kappa shape index (κ1) is 22.9. The largest absolute Gasteiger partial charge is 0.396 e. The van der Waals surface area contributed by atoms with E-state index < -0.39 is 11.6 Å². The summed E-state index contributed by atoms with van der Waals surface area (Å²) in [6.07, 6.45) is 3.26. The first-order chi connectivity index (χ1) is 17.4. The second-order valence-electron chi connectivity index (χ2n) is 10.0. The third-order valence-corrected chi connectivity index (χ3v) is 7.71. The minimum absolute atomic E-state index is 0.162. The zero-order chi connectivity index (χ0) is 25.1. The number of rotatable bonds is 5. The van der Waals surface area contributed by atoms with E-state index in [1.807, 2.05) is 18.7 Å². The Bertz CT molecular complexity index is 1460. The van der Waals surface area contributed by atoms with E-state index in [0.717, 1.165) is 76.9 Å². The predicted molar refractivity (Wildman–Crippen MR) is 134 cm³/mol. The Balaban J connectivity index is 1.49. The molecule has 36 heavy (non-hydrogen) atoms. The molecule has 2 fully saturated rings. The van der Waals surface area contributed by atoms with Gasteiger partial charge in [0.15, 0.2) is 11.6 Å². The Morgan fingerprint density at radius 1 is 1.11 bits per heavy atom. The van der Waals surface area contributed by atoms with Crippen LogP contribution in [0.1, 0.15) is 55.0 Å². The second-order valence-corrected chi connectivity index (χ2v) is 10.0. The lowest BCUT2D eigenvalue weighted by atomic mass is 9.80. The van der Waals surface area contributed by atoms with Crippen LogP contribution in [0.4, 0.5) is 14.5 Å². The lowest BCUT2D eigenvalue weighted by Crippen LogP contribution is -2.32. The van der Waals surface area contributed by atoms with Crippen LogP contribution in [0.25, 0.3) is 22.2 Å². The maximum Gasteiger partial charge on any atom is 0.160 e. The number of anilines is 1. The molecule has 0 bridgehead atoms. The lowest BCUT2D eigenvalue weighted by molar-refractivity contribution is 0.112. The van der Waals surface area contributed by atoms with Gasteiger partial charge in [0.25, 0.3) is 0 Å². The molecule has 186 valence electrons. The Hall–Kier alpha value is -3.52. The fraction of sp³-hybridized carbons (Fsp3) is 0.357. The zero-order valence-corrected chi connectivity index (χ0v) is 20.3. The quantitative estimate of drug-likeness (QED) is 0.351. The fourth-order valence-electron chi connectivity index (χ4n) is 5.86. The molecular weight excluding hydrogens is 462 g/mol. The van der Waals surface area contributed by atoms with Gasteiger partial charge in [-0.2, -0.15) is 0 Å². The van der Waals surface area contributed by atoms with Crippen molar-refractivity contribution < 1.29 is 18.4 Å². The summed E-state index contributed by atoms with van der Waals surface area (Å²) in [5, 5.41) is 13.7. The third-order valence-electron chi connectivity index (χ3n) is 7.71. The number of imidazole rings is 1. The lowest BCUT2D eigenvalue weighted by Gasteiger charge is -2.38. The van der Waals surface area contributed by atoms with Gasteiger partial charge < -0.3 is 19.1 Å². The number of allylic oxidation sites excluding steroid dienone is 1. The molecule has 2 aromatic heterocycles. The number of hydrogen-bond donors (Lipinski definition) is 1. The van der Waals surface area contributed by atoms with Crippen LogP contribution in [-0.4, -0.2) is 26.4 Å². The van der Waals surface area contributed by atoms with Gasteiger partial charge in [0.1, 0.15) is 11.6 Å². The van der Waals surface area contributed by atoms with Crippen LogP contribution in [0.3, 0.4) is 0 Å². The fourth-order valence-corrected chi connectivity index (χ4v) is 5.86. The standard InChI is InChI=1S/C28H28F2N4O2/c1-15-4-8-26(33(15)20-6-7-22(29)23(30)13-20)28-31-24-12-19(27-16(2)32-36-17(27)3)5-9-25(24)34(28)21-10-18(11-21)14-35/h5-7,9,12-13,18,21,26,35H,1,4,8,10-11,14H2,2-3H3/t18-,21-,26-/m0/s1. The maximum absolute atomic E-state index is 14.2. The van der Waals surface area contributed by atoms with Crippen LogP contribution in [0.5, 0.6) is 0 Å². The highest BCUT2D eigenvalue weighted by Crippen LogP contribution is 2.47. The van der Waals surface area contributed by atoms with E-state index in [1.165, 1.54) is 6.07 Å². The molecule has 0 amide bonds. The molecule has 2 aliphatic rings. The highest BCUT2D eigenvalue weighted by Gasteiger charge is 2.38. The summed E-state index contributed by atoms with van der Waals surface area (Å²) in [7, 11) is 0. The number of aliphatic hydroxyl groups excluding tert-OH is 1. The number of fused-ring (bicyclic) bond motifs is 1. The van der Waals surface area contributed by atoms with Crippen LogP contribution < -0.4 is 4.90 Å². The molecule has 0 unspecified atom stereocenters. The summed E-state index contributed by atoms with van der Waals surface area (Å²) in [5.41, 5.74) is 6.08. The molecule has 1 saturated carbocycles. The van der Waals surface area contributed by atoms with E-state index in [9.17, 15) is 13.9 Å². The van der Waals surface area contributed by atoms with Gasteiger partial charge in [-0.3, -0.25) is 0 Å². The molecule has 3 heterocycles. The van der Waals surface area contributed by atoms with Crippen molar-refractivity contribution in [1.29, 1.82) is 0 Å². The van der Waals surface area contributed by atoms with Crippen molar-refractivity contribution in [2.45, 2.75) is 51.6 Å². The molecule has 0 radical (unpaired) electrons. The number of aromatic nitrogens is 3. The normalized spacial score (nSPS) is 22.0.